The second kappa shape index (κ2) is 7.95. The average molecular weight is 399 g/mol. The Morgan fingerprint density at radius 2 is 2.21 bits per heavy atom. The van der Waals surface area contributed by atoms with Gasteiger partial charge in [-0.3, -0.25) is 9.59 Å². The molecule has 2 unspecified atom stereocenters. The Morgan fingerprint density at radius 1 is 1.36 bits per heavy atom. The van der Waals surface area contributed by atoms with Gasteiger partial charge in [-0.25, -0.2) is 0 Å². The minimum absolute atomic E-state index is 0.0114. The number of rotatable bonds is 7. The number of benzene rings is 1. The fourth-order valence-electron chi connectivity index (χ4n) is 4.27. The van der Waals surface area contributed by atoms with E-state index < -0.39 is 0 Å². The highest BCUT2D eigenvalue weighted by Gasteiger charge is 2.38. The Labute approximate surface area is 169 Å². The first-order chi connectivity index (χ1) is 13.5. The summed E-state index contributed by atoms with van der Waals surface area (Å²) in [5.41, 5.74) is 2.14. The standard InChI is InChI=1S/C22H26N2O3S/c1-24(14-18-12-17-4-2-3-5-19(17)27-18)21(26)7-10-22(9-6-20(25)23-22)13-16-8-11-28-15-16/h2-5,8,11,15,18H,6-7,9-10,12-14H2,1H3,(H,23,25). The van der Waals surface area contributed by atoms with Crippen LogP contribution in [0.5, 0.6) is 5.75 Å². The molecule has 1 saturated heterocycles. The molecule has 0 bridgehead atoms. The van der Waals surface area contributed by atoms with Crippen molar-refractivity contribution in [3.05, 3.63) is 52.2 Å². The first-order valence-corrected chi connectivity index (χ1v) is 10.8. The summed E-state index contributed by atoms with van der Waals surface area (Å²) in [6, 6.07) is 10.1. The molecular weight excluding hydrogens is 372 g/mol. The van der Waals surface area contributed by atoms with Crippen LogP contribution in [0.4, 0.5) is 0 Å². The molecule has 2 aliphatic rings. The molecule has 6 heteroatoms. The highest BCUT2D eigenvalue weighted by Crippen LogP contribution is 2.31. The van der Waals surface area contributed by atoms with E-state index in [2.05, 4.69) is 28.2 Å². The van der Waals surface area contributed by atoms with Gasteiger partial charge in [-0.15, -0.1) is 0 Å². The van der Waals surface area contributed by atoms with Crippen molar-refractivity contribution in [3.8, 4) is 5.75 Å². The molecule has 0 saturated carbocycles. The van der Waals surface area contributed by atoms with Crippen molar-refractivity contribution in [3.63, 3.8) is 0 Å². The number of para-hydroxylation sites is 1. The van der Waals surface area contributed by atoms with E-state index in [-0.39, 0.29) is 23.5 Å². The molecule has 2 amide bonds. The van der Waals surface area contributed by atoms with Crippen molar-refractivity contribution >= 4 is 23.2 Å². The number of carbonyl (C=O) groups is 2. The maximum absolute atomic E-state index is 12.7. The van der Waals surface area contributed by atoms with Gasteiger partial charge in [0.05, 0.1) is 6.54 Å². The molecule has 1 aromatic heterocycles. The Kier molecular flexibility index (Phi) is 5.40. The molecule has 1 fully saturated rings. The van der Waals surface area contributed by atoms with Crippen molar-refractivity contribution in [1.29, 1.82) is 0 Å². The van der Waals surface area contributed by atoms with Crippen molar-refractivity contribution in [2.45, 2.75) is 50.2 Å². The molecule has 2 aromatic rings. The van der Waals surface area contributed by atoms with Crippen LogP contribution in [0.2, 0.25) is 0 Å². The number of nitrogens with zero attached hydrogens (tertiary/aromatic N) is 1. The second-order valence-electron chi connectivity index (χ2n) is 7.96. The maximum Gasteiger partial charge on any atom is 0.222 e. The predicted octanol–water partition coefficient (Wildman–Crippen LogP) is 3.18. The van der Waals surface area contributed by atoms with E-state index in [1.54, 1.807) is 16.2 Å². The molecular formula is C22H26N2O3S. The summed E-state index contributed by atoms with van der Waals surface area (Å²) in [5, 5.41) is 7.33. The van der Waals surface area contributed by atoms with E-state index >= 15 is 0 Å². The molecule has 0 aliphatic carbocycles. The number of amides is 2. The molecule has 3 heterocycles. The Bertz CT molecular complexity index is 826. The van der Waals surface area contributed by atoms with Gasteiger partial charge >= 0.3 is 0 Å². The minimum atomic E-state index is -0.297. The Balaban J connectivity index is 1.31. The smallest absolute Gasteiger partial charge is 0.222 e. The van der Waals surface area contributed by atoms with Gasteiger partial charge in [-0.1, -0.05) is 18.2 Å². The number of likely N-dealkylation sites (N-methyl/N-ethyl adjacent to an activating group) is 1. The van der Waals surface area contributed by atoms with E-state index in [9.17, 15) is 9.59 Å². The number of fused-ring (bicyclic) bond motifs is 1. The molecule has 1 N–H and O–H groups in total. The lowest BCUT2D eigenvalue weighted by atomic mass is 9.85. The third-order valence-electron chi connectivity index (χ3n) is 5.79. The summed E-state index contributed by atoms with van der Waals surface area (Å²) < 4.78 is 5.96. The van der Waals surface area contributed by atoms with Gasteiger partial charge < -0.3 is 15.0 Å². The van der Waals surface area contributed by atoms with Crippen molar-refractivity contribution in [2.75, 3.05) is 13.6 Å². The van der Waals surface area contributed by atoms with E-state index in [0.29, 0.717) is 25.8 Å². The van der Waals surface area contributed by atoms with Crippen LogP contribution in [0.1, 0.15) is 36.8 Å². The number of thiophene rings is 1. The first kappa shape index (κ1) is 19.0. The van der Waals surface area contributed by atoms with E-state index in [1.807, 2.05) is 25.2 Å². The summed E-state index contributed by atoms with van der Waals surface area (Å²) in [7, 11) is 1.84. The SMILES string of the molecule is CN(CC1Cc2ccccc2O1)C(=O)CCC1(Cc2ccsc2)CCC(=O)N1. The molecule has 0 radical (unpaired) electrons. The number of carbonyl (C=O) groups excluding carboxylic acids is 2. The van der Waals surface area contributed by atoms with Crippen LogP contribution < -0.4 is 10.1 Å². The fraction of sp³-hybridized carbons (Fsp3) is 0.455. The van der Waals surface area contributed by atoms with Crippen molar-refractivity contribution < 1.29 is 14.3 Å². The summed E-state index contributed by atoms with van der Waals surface area (Å²) in [5.74, 6) is 1.12. The van der Waals surface area contributed by atoms with Crippen LogP contribution >= 0.6 is 11.3 Å². The number of hydrogen-bond acceptors (Lipinski definition) is 4. The zero-order valence-corrected chi connectivity index (χ0v) is 17.0. The quantitative estimate of drug-likeness (QED) is 0.779. The summed E-state index contributed by atoms with van der Waals surface area (Å²) in [6.07, 6.45) is 4.08. The van der Waals surface area contributed by atoms with E-state index in [1.165, 1.54) is 11.1 Å². The zero-order valence-electron chi connectivity index (χ0n) is 16.1. The minimum Gasteiger partial charge on any atom is -0.488 e. The van der Waals surface area contributed by atoms with Crippen molar-refractivity contribution in [2.24, 2.45) is 0 Å². The van der Waals surface area contributed by atoms with E-state index in [4.69, 9.17) is 4.74 Å². The first-order valence-electron chi connectivity index (χ1n) is 9.84. The number of ether oxygens (including phenoxy) is 1. The molecule has 0 spiro atoms. The molecule has 2 atom stereocenters. The molecule has 28 heavy (non-hydrogen) atoms. The van der Waals surface area contributed by atoms with Gasteiger partial charge in [-0.05, 0) is 53.3 Å². The van der Waals surface area contributed by atoms with Crippen LogP contribution in [-0.2, 0) is 22.4 Å². The van der Waals surface area contributed by atoms with Crippen LogP contribution in [-0.4, -0.2) is 41.9 Å². The second-order valence-corrected chi connectivity index (χ2v) is 8.74. The van der Waals surface area contributed by atoms with Gasteiger partial charge in [-0.2, -0.15) is 11.3 Å². The van der Waals surface area contributed by atoms with Gasteiger partial charge in [0, 0.05) is 31.8 Å². The third-order valence-corrected chi connectivity index (χ3v) is 6.52. The average Bonchev–Trinajstić information content (AvgIpc) is 3.40. The van der Waals surface area contributed by atoms with Gasteiger partial charge in [0.1, 0.15) is 11.9 Å². The molecule has 4 rings (SSSR count). The third kappa shape index (κ3) is 4.22. The van der Waals surface area contributed by atoms with Gasteiger partial charge in [0.15, 0.2) is 0 Å². The highest BCUT2D eigenvalue weighted by atomic mass is 32.1. The fourth-order valence-corrected chi connectivity index (χ4v) is 4.93. The lowest BCUT2D eigenvalue weighted by molar-refractivity contribution is -0.131. The number of nitrogens with one attached hydrogen (secondary N) is 1. The van der Waals surface area contributed by atoms with Crippen LogP contribution in [0.3, 0.4) is 0 Å². The van der Waals surface area contributed by atoms with Gasteiger partial charge in [0.2, 0.25) is 11.8 Å². The van der Waals surface area contributed by atoms with Crippen LogP contribution in [0.25, 0.3) is 0 Å². The maximum atomic E-state index is 12.7. The summed E-state index contributed by atoms with van der Waals surface area (Å²) in [4.78, 5) is 26.4. The van der Waals surface area contributed by atoms with Crippen molar-refractivity contribution in [1.82, 2.24) is 10.2 Å². The zero-order chi connectivity index (χ0) is 19.6. The molecule has 1 aromatic carbocycles. The van der Waals surface area contributed by atoms with E-state index in [0.717, 1.165) is 25.0 Å². The molecule has 5 nitrogen and oxygen atoms in total. The monoisotopic (exact) mass is 398 g/mol. The normalized spacial score (nSPS) is 23.2. The summed E-state index contributed by atoms with van der Waals surface area (Å²) in [6.45, 7) is 0.581. The predicted molar refractivity (Wildman–Crippen MR) is 110 cm³/mol. The van der Waals surface area contributed by atoms with Crippen LogP contribution in [0, 0.1) is 0 Å². The molecule has 2 aliphatic heterocycles. The lowest BCUT2D eigenvalue weighted by Gasteiger charge is -2.30. The lowest BCUT2D eigenvalue weighted by Crippen LogP contribution is -2.45. The topological polar surface area (TPSA) is 58.6 Å². The summed E-state index contributed by atoms with van der Waals surface area (Å²) >= 11 is 1.66. The Morgan fingerprint density at radius 3 is 2.93 bits per heavy atom. The largest absolute Gasteiger partial charge is 0.488 e. The Hall–Kier alpha value is -2.34. The molecule has 148 valence electrons. The number of hydrogen-bond donors (Lipinski definition) is 1. The van der Waals surface area contributed by atoms with Gasteiger partial charge in [0.25, 0.3) is 0 Å². The highest BCUT2D eigenvalue weighted by molar-refractivity contribution is 7.07. The van der Waals surface area contributed by atoms with Crippen LogP contribution in [0.15, 0.2) is 41.1 Å².